The van der Waals surface area contributed by atoms with Crippen molar-refractivity contribution in [1.29, 1.82) is 0 Å². The van der Waals surface area contributed by atoms with E-state index in [-0.39, 0.29) is 17.7 Å². The maximum Gasteiger partial charge on any atom is 0.252 e. The lowest BCUT2D eigenvalue weighted by molar-refractivity contribution is -0.130. The minimum Gasteiger partial charge on any atom is -0.340 e. The van der Waals surface area contributed by atoms with Crippen molar-refractivity contribution in [2.45, 2.75) is 31.8 Å². The summed E-state index contributed by atoms with van der Waals surface area (Å²) in [5.74, 6) is 0.0332. The standard InChI is InChI=1S/C18H23N5O2/c1-12-11-14(7-9-19-12)17(24)22-16(13-5-3-2-4-6-13)18(25)21-15-8-10-20-23-15/h2-6,8,10,12,14,16,19H,7,9,11H2,1H3,(H,22,24)(H2,20,21,23,25)/t12-,14-,16?/m0/s1. The number of hydrogen-bond acceptors (Lipinski definition) is 4. The van der Waals surface area contributed by atoms with Gasteiger partial charge < -0.3 is 16.0 Å². The Morgan fingerprint density at radius 2 is 2.04 bits per heavy atom. The molecule has 25 heavy (non-hydrogen) atoms. The Morgan fingerprint density at radius 3 is 2.72 bits per heavy atom. The summed E-state index contributed by atoms with van der Waals surface area (Å²) in [4.78, 5) is 25.4. The number of aromatic amines is 1. The van der Waals surface area contributed by atoms with Gasteiger partial charge in [-0.05, 0) is 31.9 Å². The Kier molecular flexibility index (Phi) is 5.45. The number of hydrogen-bond donors (Lipinski definition) is 4. The van der Waals surface area contributed by atoms with Crippen LogP contribution in [0.1, 0.15) is 31.4 Å². The summed E-state index contributed by atoms with van der Waals surface area (Å²) >= 11 is 0. The predicted molar refractivity (Wildman–Crippen MR) is 94.7 cm³/mol. The topological polar surface area (TPSA) is 98.9 Å². The average molecular weight is 341 g/mol. The fourth-order valence-corrected chi connectivity index (χ4v) is 3.11. The van der Waals surface area contributed by atoms with E-state index in [0.29, 0.717) is 11.9 Å². The van der Waals surface area contributed by atoms with Gasteiger partial charge in [0.2, 0.25) is 5.91 Å². The maximum absolute atomic E-state index is 12.7. The maximum atomic E-state index is 12.7. The molecule has 132 valence electrons. The number of benzene rings is 1. The summed E-state index contributed by atoms with van der Waals surface area (Å²) < 4.78 is 0. The average Bonchev–Trinajstić information content (AvgIpc) is 3.13. The SMILES string of the molecule is C[C@H]1C[C@@H](C(=O)NC(C(=O)Nc2ccn[nH]2)c2ccccc2)CCN1. The Morgan fingerprint density at radius 1 is 1.24 bits per heavy atom. The van der Waals surface area contributed by atoms with E-state index in [4.69, 9.17) is 0 Å². The van der Waals surface area contributed by atoms with Crippen molar-refractivity contribution in [3.05, 3.63) is 48.2 Å². The van der Waals surface area contributed by atoms with Crippen LogP contribution in [0, 0.1) is 5.92 Å². The number of carbonyl (C=O) groups excluding carboxylic acids is 2. The van der Waals surface area contributed by atoms with Gasteiger partial charge in [-0.15, -0.1) is 0 Å². The van der Waals surface area contributed by atoms with E-state index in [1.807, 2.05) is 30.3 Å². The lowest BCUT2D eigenvalue weighted by Crippen LogP contribution is -2.45. The quantitative estimate of drug-likeness (QED) is 0.664. The van der Waals surface area contributed by atoms with E-state index in [0.717, 1.165) is 24.9 Å². The highest BCUT2D eigenvalue weighted by molar-refractivity contribution is 5.97. The normalized spacial score (nSPS) is 21.3. The fraction of sp³-hybridized carbons (Fsp3) is 0.389. The first-order chi connectivity index (χ1) is 12.1. The first kappa shape index (κ1) is 17.2. The van der Waals surface area contributed by atoms with Crippen molar-refractivity contribution in [2.24, 2.45) is 5.92 Å². The highest BCUT2D eigenvalue weighted by Gasteiger charge is 2.29. The smallest absolute Gasteiger partial charge is 0.252 e. The van der Waals surface area contributed by atoms with Crippen molar-refractivity contribution in [3.63, 3.8) is 0 Å². The van der Waals surface area contributed by atoms with Gasteiger partial charge in [-0.25, -0.2) is 0 Å². The molecule has 7 heteroatoms. The number of carbonyl (C=O) groups is 2. The van der Waals surface area contributed by atoms with E-state index < -0.39 is 6.04 Å². The van der Waals surface area contributed by atoms with Gasteiger partial charge in [-0.1, -0.05) is 30.3 Å². The Balaban J connectivity index is 1.74. The molecule has 1 aromatic carbocycles. The van der Waals surface area contributed by atoms with Gasteiger partial charge in [-0.2, -0.15) is 5.10 Å². The number of piperidine rings is 1. The Bertz CT molecular complexity index is 702. The molecule has 0 saturated carbocycles. The molecule has 2 amide bonds. The number of anilines is 1. The molecule has 0 bridgehead atoms. The molecule has 2 aromatic rings. The third-order valence-corrected chi connectivity index (χ3v) is 4.43. The number of nitrogens with one attached hydrogen (secondary N) is 4. The van der Waals surface area contributed by atoms with E-state index in [9.17, 15) is 9.59 Å². The first-order valence-corrected chi connectivity index (χ1v) is 8.52. The van der Waals surface area contributed by atoms with Gasteiger partial charge >= 0.3 is 0 Å². The second-order valence-electron chi connectivity index (χ2n) is 6.39. The molecule has 7 nitrogen and oxygen atoms in total. The molecule has 1 saturated heterocycles. The molecule has 1 aliphatic heterocycles. The number of aromatic nitrogens is 2. The van der Waals surface area contributed by atoms with Gasteiger partial charge in [0.1, 0.15) is 11.9 Å². The van der Waals surface area contributed by atoms with Gasteiger partial charge in [0, 0.05) is 18.0 Å². The van der Waals surface area contributed by atoms with Gasteiger partial charge in [0.15, 0.2) is 0 Å². The van der Waals surface area contributed by atoms with Crippen molar-refractivity contribution in [2.75, 3.05) is 11.9 Å². The predicted octanol–water partition coefficient (Wildman–Crippen LogP) is 1.59. The van der Waals surface area contributed by atoms with Gasteiger partial charge in [-0.3, -0.25) is 14.7 Å². The van der Waals surface area contributed by atoms with E-state index in [1.54, 1.807) is 12.3 Å². The molecule has 1 aliphatic rings. The molecule has 3 rings (SSSR count). The number of nitrogens with zero attached hydrogens (tertiary/aromatic N) is 1. The number of amides is 2. The Hall–Kier alpha value is -2.67. The monoisotopic (exact) mass is 341 g/mol. The van der Waals surface area contributed by atoms with E-state index >= 15 is 0 Å². The molecule has 0 aliphatic carbocycles. The van der Waals surface area contributed by atoms with Crippen molar-refractivity contribution in [3.8, 4) is 0 Å². The second kappa shape index (κ2) is 7.94. The summed E-state index contributed by atoms with van der Waals surface area (Å²) in [6.45, 7) is 2.88. The van der Waals surface area contributed by atoms with Crippen molar-refractivity contribution >= 4 is 17.6 Å². The summed E-state index contributed by atoms with van der Waals surface area (Å²) in [5.41, 5.74) is 0.745. The van der Waals surface area contributed by atoms with Crippen LogP contribution in [0.3, 0.4) is 0 Å². The zero-order valence-corrected chi connectivity index (χ0v) is 14.2. The zero-order valence-electron chi connectivity index (χ0n) is 14.2. The molecule has 3 atom stereocenters. The van der Waals surface area contributed by atoms with Crippen LogP contribution in [0.5, 0.6) is 0 Å². The zero-order chi connectivity index (χ0) is 17.6. The van der Waals surface area contributed by atoms with Crippen LogP contribution in [0.2, 0.25) is 0 Å². The fourth-order valence-electron chi connectivity index (χ4n) is 3.11. The van der Waals surface area contributed by atoms with Crippen LogP contribution in [0.25, 0.3) is 0 Å². The molecule has 1 unspecified atom stereocenters. The Labute approximate surface area is 146 Å². The van der Waals surface area contributed by atoms with Crippen LogP contribution in [-0.2, 0) is 9.59 Å². The van der Waals surface area contributed by atoms with Crippen LogP contribution >= 0.6 is 0 Å². The number of rotatable bonds is 5. The highest BCUT2D eigenvalue weighted by atomic mass is 16.2. The largest absolute Gasteiger partial charge is 0.340 e. The molecular formula is C18H23N5O2. The van der Waals surface area contributed by atoms with Crippen LogP contribution < -0.4 is 16.0 Å². The first-order valence-electron chi connectivity index (χ1n) is 8.52. The summed E-state index contributed by atoms with van der Waals surface area (Å²) in [5, 5.41) is 15.5. The van der Waals surface area contributed by atoms with E-state index in [1.165, 1.54) is 0 Å². The van der Waals surface area contributed by atoms with Gasteiger partial charge in [0.05, 0.1) is 6.20 Å². The second-order valence-corrected chi connectivity index (χ2v) is 6.39. The molecule has 1 aromatic heterocycles. The van der Waals surface area contributed by atoms with Crippen molar-refractivity contribution < 1.29 is 9.59 Å². The lowest BCUT2D eigenvalue weighted by atomic mass is 9.92. The van der Waals surface area contributed by atoms with Crippen LogP contribution in [-0.4, -0.2) is 34.6 Å². The van der Waals surface area contributed by atoms with Gasteiger partial charge in [0.25, 0.3) is 5.91 Å². The molecule has 0 radical (unpaired) electrons. The van der Waals surface area contributed by atoms with E-state index in [2.05, 4.69) is 33.1 Å². The summed E-state index contributed by atoms with van der Waals surface area (Å²) in [6.07, 6.45) is 3.11. The lowest BCUT2D eigenvalue weighted by Gasteiger charge is -2.28. The molecular weight excluding hydrogens is 318 g/mol. The highest BCUT2D eigenvalue weighted by Crippen LogP contribution is 2.20. The third kappa shape index (κ3) is 4.45. The molecule has 4 N–H and O–H groups in total. The van der Waals surface area contributed by atoms with Crippen LogP contribution in [0.4, 0.5) is 5.82 Å². The molecule has 0 spiro atoms. The van der Waals surface area contributed by atoms with Crippen LogP contribution in [0.15, 0.2) is 42.6 Å². The van der Waals surface area contributed by atoms with Crippen molar-refractivity contribution in [1.82, 2.24) is 20.8 Å². The molecule has 2 heterocycles. The third-order valence-electron chi connectivity index (χ3n) is 4.43. The molecule has 1 fully saturated rings. The summed E-state index contributed by atoms with van der Waals surface area (Å²) in [6, 6.07) is 10.5. The minimum absolute atomic E-state index is 0.0811. The minimum atomic E-state index is -0.748. The summed E-state index contributed by atoms with van der Waals surface area (Å²) in [7, 11) is 0. The number of H-pyrrole nitrogens is 1.